The lowest BCUT2D eigenvalue weighted by Gasteiger charge is -2.31. The lowest BCUT2D eigenvalue weighted by molar-refractivity contribution is -0.150. The number of carbonyl (C=O) groups is 2. The van der Waals surface area contributed by atoms with E-state index in [1.807, 2.05) is 61.5 Å². The Bertz CT molecular complexity index is 1050. The molecule has 0 radical (unpaired) electrons. The Balaban J connectivity index is 1.22. The fraction of sp³-hybridized carbons (Fsp3) is 0.375. The molecule has 0 N–H and O–H groups in total. The molecule has 4 rings (SSSR count). The van der Waals surface area contributed by atoms with Crippen LogP contribution in [0, 0.1) is 12.8 Å². The van der Waals surface area contributed by atoms with Crippen LogP contribution in [0.3, 0.4) is 0 Å². The maximum absolute atomic E-state index is 12.8. The third-order valence-corrected chi connectivity index (χ3v) is 5.57. The molecule has 1 saturated heterocycles. The van der Waals surface area contributed by atoms with Crippen molar-refractivity contribution in [3.63, 3.8) is 0 Å². The quantitative estimate of drug-likeness (QED) is 0.420. The number of hydrogen-bond donors (Lipinski definition) is 0. The van der Waals surface area contributed by atoms with Crippen LogP contribution in [-0.4, -0.2) is 56.7 Å². The zero-order valence-electron chi connectivity index (χ0n) is 18.2. The first kappa shape index (κ1) is 21.7. The maximum atomic E-state index is 12.8. The molecule has 0 aliphatic carbocycles. The number of tetrazole rings is 1. The van der Waals surface area contributed by atoms with Crippen molar-refractivity contribution in [2.75, 3.05) is 19.7 Å². The summed E-state index contributed by atoms with van der Waals surface area (Å²) in [5.41, 5.74) is 2.67. The molecule has 0 saturated carbocycles. The van der Waals surface area contributed by atoms with Gasteiger partial charge in [-0.25, -0.2) is 0 Å². The Morgan fingerprint density at radius 1 is 1.09 bits per heavy atom. The Morgan fingerprint density at radius 2 is 1.88 bits per heavy atom. The summed E-state index contributed by atoms with van der Waals surface area (Å²) in [4.78, 5) is 28.6. The molecule has 8 nitrogen and oxygen atoms in total. The van der Waals surface area contributed by atoms with Gasteiger partial charge >= 0.3 is 5.97 Å². The second kappa shape index (κ2) is 10.2. The van der Waals surface area contributed by atoms with E-state index in [0.717, 1.165) is 24.0 Å². The van der Waals surface area contributed by atoms with Crippen LogP contribution in [0.15, 0.2) is 54.6 Å². The summed E-state index contributed by atoms with van der Waals surface area (Å²) in [5.74, 6) is 0.00682. The Hall–Kier alpha value is -3.55. The highest BCUT2D eigenvalue weighted by atomic mass is 16.5. The Labute approximate surface area is 187 Å². The van der Waals surface area contributed by atoms with Gasteiger partial charge in [-0.3, -0.25) is 9.59 Å². The van der Waals surface area contributed by atoms with Gasteiger partial charge in [0.2, 0.25) is 5.82 Å². The zero-order valence-corrected chi connectivity index (χ0v) is 18.2. The third-order valence-electron chi connectivity index (χ3n) is 5.57. The predicted octanol–water partition coefficient (Wildman–Crippen LogP) is 3.13. The van der Waals surface area contributed by atoms with Gasteiger partial charge < -0.3 is 9.64 Å². The highest BCUT2D eigenvalue weighted by molar-refractivity contribution is 5.94. The number of nitrogens with zero attached hydrogens (tertiary/aromatic N) is 5. The van der Waals surface area contributed by atoms with Gasteiger partial charge in [0.05, 0.1) is 19.1 Å². The molecule has 1 amide bonds. The summed E-state index contributed by atoms with van der Waals surface area (Å²) in [5, 5.41) is 12.5. The SMILES string of the molecule is Cc1ccc(C(=O)N2CCCC(C(=O)OCCCn3nnc(-c4ccccc4)n3)C2)cc1. The smallest absolute Gasteiger partial charge is 0.310 e. The molecular weight excluding hydrogens is 406 g/mol. The van der Waals surface area contributed by atoms with Crippen LogP contribution in [0.25, 0.3) is 11.4 Å². The maximum Gasteiger partial charge on any atom is 0.310 e. The normalized spacial score (nSPS) is 16.0. The van der Waals surface area contributed by atoms with Gasteiger partial charge in [0.1, 0.15) is 0 Å². The van der Waals surface area contributed by atoms with Gasteiger partial charge in [0.25, 0.3) is 5.91 Å². The number of hydrogen-bond acceptors (Lipinski definition) is 6. The van der Waals surface area contributed by atoms with Crippen LogP contribution in [0.1, 0.15) is 35.2 Å². The van der Waals surface area contributed by atoms with Crippen LogP contribution in [0.2, 0.25) is 0 Å². The van der Waals surface area contributed by atoms with E-state index in [0.29, 0.717) is 37.4 Å². The predicted molar refractivity (Wildman–Crippen MR) is 119 cm³/mol. The Morgan fingerprint density at radius 3 is 2.66 bits per heavy atom. The molecular formula is C24H27N5O3. The first-order chi connectivity index (χ1) is 15.6. The number of aryl methyl sites for hydroxylation is 2. The van der Waals surface area contributed by atoms with Crippen molar-refractivity contribution < 1.29 is 14.3 Å². The molecule has 166 valence electrons. The van der Waals surface area contributed by atoms with E-state index in [1.54, 1.807) is 4.90 Å². The molecule has 1 aromatic heterocycles. The number of esters is 1. The molecule has 1 unspecified atom stereocenters. The van der Waals surface area contributed by atoms with Crippen molar-refractivity contribution in [2.45, 2.75) is 32.7 Å². The molecule has 1 atom stereocenters. The fourth-order valence-corrected chi connectivity index (χ4v) is 3.77. The van der Waals surface area contributed by atoms with Crippen LogP contribution in [0.4, 0.5) is 0 Å². The summed E-state index contributed by atoms with van der Waals surface area (Å²) in [6.07, 6.45) is 2.12. The molecule has 2 heterocycles. The first-order valence-electron chi connectivity index (χ1n) is 11.0. The third kappa shape index (κ3) is 5.38. The monoisotopic (exact) mass is 433 g/mol. The van der Waals surface area contributed by atoms with Crippen molar-refractivity contribution in [1.29, 1.82) is 0 Å². The van der Waals surface area contributed by atoms with Gasteiger partial charge in [-0.1, -0.05) is 48.0 Å². The number of amides is 1. The first-order valence-corrected chi connectivity index (χ1v) is 11.0. The minimum atomic E-state index is -0.285. The van der Waals surface area contributed by atoms with Crippen molar-refractivity contribution >= 4 is 11.9 Å². The van der Waals surface area contributed by atoms with Crippen molar-refractivity contribution in [1.82, 2.24) is 25.1 Å². The molecule has 1 aliphatic heterocycles. The summed E-state index contributed by atoms with van der Waals surface area (Å²) in [7, 11) is 0. The van der Waals surface area contributed by atoms with Crippen molar-refractivity contribution in [3.8, 4) is 11.4 Å². The second-order valence-corrected chi connectivity index (χ2v) is 8.05. The lowest BCUT2D eigenvalue weighted by Crippen LogP contribution is -2.42. The summed E-state index contributed by atoms with van der Waals surface area (Å²) >= 11 is 0. The van der Waals surface area contributed by atoms with E-state index in [2.05, 4.69) is 15.4 Å². The molecule has 8 heteroatoms. The highest BCUT2D eigenvalue weighted by Gasteiger charge is 2.29. The molecule has 3 aromatic rings. The van der Waals surface area contributed by atoms with Crippen molar-refractivity contribution in [3.05, 3.63) is 65.7 Å². The number of carbonyl (C=O) groups excluding carboxylic acids is 2. The number of piperidine rings is 1. The van der Waals surface area contributed by atoms with E-state index in [4.69, 9.17) is 4.74 Å². The van der Waals surface area contributed by atoms with Crippen molar-refractivity contribution in [2.24, 2.45) is 5.92 Å². The highest BCUT2D eigenvalue weighted by Crippen LogP contribution is 2.20. The molecule has 2 aromatic carbocycles. The summed E-state index contributed by atoms with van der Waals surface area (Å²) in [6.45, 7) is 3.84. The molecule has 1 fully saturated rings. The van der Waals surface area contributed by atoms with E-state index < -0.39 is 0 Å². The molecule has 32 heavy (non-hydrogen) atoms. The average molecular weight is 434 g/mol. The number of ether oxygens (including phenoxy) is 1. The van der Waals surface area contributed by atoms with Gasteiger partial charge in [-0.05, 0) is 37.1 Å². The standard InChI is InChI=1S/C24H27N5O3/c1-18-10-12-20(13-11-18)23(30)28-14-5-9-21(17-28)24(31)32-16-6-15-29-26-22(25-27-29)19-7-3-2-4-8-19/h2-4,7-8,10-13,21H,5-6,9,14-17H2,1H3. The van der Waals surface area contributed by atoms with Crippen LogP contribution >= 0.6 is 0 Å². The minimum absolute atomic E-state index is 0.0334. The largest absolute Gasteiger partial charge is 0.465 e. The molecule has 0 spiro atoms. The van der Waals surface area contributed by atoms with Crippen LogP contribution < -0.4 is 0 Å². The van der Waals surface area contributed by atoms with E-state index in [1.165, 1.54) is 4.80 Å². The van der Waals surface area contributed by atoms with E-state index in [-0.39, 0.29) is 24.4 Å². The summed E-state index contributed by atoms with van der Waals surface area (Å²) in [6, 6.07) is 17.2. The minimum Gasteiger partial charge on any atom is -0.465 e. The zero-order chi connectivity index (χ0) is 22.3. The number of aromatic nitrogens is 4. The average Bonchev–Trinajstić information content (AvgIpc) is 3.31. The molecule has 0 bridgehead atoms. The van der Waals surface area contributed by atoms with Gasteiger partial charge in [0.15, 0.2) is 0 Å². The second-order valence-electron chi connectivity index (χ2n) is 8.05. The van der Waals surface area contributed by atoms with E-state index >= 15 is 0 Å². The van der Waals surface area contributed by atoms with Crippen LogP contribution in [0.5, 0.6) is 0 Å². The summed E-state index contributed by atoms with van der Waals surface area (Å²) < 4.78 is 5.48. The topological polar surface area (TPSA) is 90.2 Å². The number of benzene rings is 2. The van der Waals surface area contributed by atoms with Gasteiger partial charge in [-0.2, -0.15) is 4.80 Å². The number of rotatable bonds is 7. The molecule has 1 aliphatic rings. The lowest BCUT2D eigenvalue weighted by atomic mass is 9.97. The number of likely N-dealkylation sites (tertiary alicyclic amines) is 1. The van der Waals surface area contributed by atoms with Gasteiger partial charge in [0, 0.05) is 30.6 Å². The van der Waals surface area contributed by atoms with Gasteiger partial charge in [-0.15, -0.1) is 10.2 Å². The van der Waals surface area contributed by atoms with E-state index in [9.17, 15) is 9.59 Å². The fourth-order valence-electron chi connectivity index (χ4n) is 3.77. The Kier molecular flexibility index (Phi) is 6.89. The van der Waals surface area contributed by atoms with Crippen LogP contribution in [-0.2, 0) is 16.1 Å².